The van der Waals surface area contributed by atoms with E-state index in [0.29, 0.717) is 0 Å². The van der Waals surface area contributed by atoms with Gasteiger partial charge in [-0.3, -0.25) is 4.79 Å². The molecular weight excluding hydrogens is 260 g/mol. The number of para-hydroxylation sites is 1. The second-order valence-corrected chi connectivity index (χ2v) is 4.33. The van der Waals surface area contributed by atoms with Crippen molar-refractivity contribution in [2.75, 3.05) is 5.32 Å². The molecule has 1 amide bonds. The molecule has 2 rings (SSSR count). The molecule has 102 valence electrons. The summed E-state index contributed by atoms with van der Waals surface area (Å²) >= 11 is 0. The van der Waals surface area contributed by atoms with Crippen LogP contribution in [0.25, 0.3) is 6.08 Å². The fourth-order valence-electron chi connectivity index (χ4n) is 1.63. The first-order chi connectivity index (χ1) is 9.56. The number of halogens is 2. The van der Waals surface area contributed by atoms with Crippen LogP contribution in [0.1, 0.15) is 11.1 Å². The number of carbonyl (C=O) groups is 1. The highest BCUT2D eigenvalue weighted by Crippen LogP contribution is 2.17. The molecule has 0 aliphatic carbocycles. The lowest BCUT2D eigenvalue weighted by Crippen LogP contribution is -2.10. The van der Waals surface area contributed by atoms with Crippen LogP contribution in [-0.4, -0.2) is 5.91 Å². The van der Waals surface area contributed by atoms with Gasteiger partial charge in [0.15, 0.2) is 0 Å². The molecule has 4 heteroatoms. The molecule has 0 saturated heterocycles. The van der Waals surface area contributed by atoms with Gasteiger partial charge in [-0.25, -0.2) is 8.78 Å². The zero-order valence-corrected chi connectivity index (χ0v) is 10.9. The third-order valence-corrected chi connectivity index (χ3v) is 2.72. The Morgan fingerprint density at radius 3 is 2.25 bits per heavy atom. The van der Waals surface area contributed by atoms with Gasteiger partial charge in [0.1, 0.15) is 17.3 Å². The summed E-state index contributed by atoms with van der Waals surface area (Å²) in [6.45, 7) is 1.96. The highest BCUT2D eigenvalue weighted by Gasteiger charge is 2.09. The number of rotatable bonds is 3. The molecule has 0 aliphatic rings. The molecular formula is C16H13F2NO. The number of hydrogen-bond donors (Lipinski definition) is 1. The van der Waals surface area contributed by atoms with Crippen molar-refractivity contribution in [1.29, 1.82) is 0 Å². The molecule has 0 bridgehead atoms. The zero-order valence-electron chi connectivity index (χ0n) is 10.9. The van der Waals surface area contributed by atoms with Crippen molar-refractivity contribution in [1.82, 2.24) is 0 Å². The number of carbonyl (C=O) groups excluding carboxylic acids is 1. The highest BCUT2D eigenvalue weighted by atomic mass is 19.1. The Balaban J connectivity index is 2.07. The van der Waals surface area contributed by atoms with Crippen LogP contribution in [0.15, 0.2) is 48.5 Å². The van der Waals surface area contributed by atoms with E-state index >= 15 is 0 Å². The Morgan fingerprint density at radius 2 is 1.65 bits per heavy atom. The van der Waals surface area contributed by atoms with Crippen molar-refractivity contribution in [3.8, 4) is 0 Å². The summed E-state index contributed by atoms with van der Waals surface area (Å²) in [5.74, 6) is -2.20. The number of hydrogen-bond acceptors (Lipinski definition) is 1. The second-order valence-electron chi connectivity index (χ2n) is 4.33. The summed E-state index contributed by atoms with van der Waals surface area (Å²) in [6.07, 6.45) is 2.81. The molecule has 1 N–H and O–H groups in total. The molecule has 2 aromatic carbocycles. The number of benzene rings is 2. The molecule has 0 heterocycles. The minimum absolute atomic E-state index is 0.439. The van der Waals surface area contributed by atoms with Crippen LogP contribution < -0.4 is 5.32 Å². The Bertz CT molecular complexity index is 628. The summed E-state index contributed by atoms with van der Waals surface area (Å²) in [5.41, 5.74) is 1.51. The average molecular weight is 273 g/mol. The number of nitrogens with one attached hydrogen (secondary N) is 1. The predicted octanol–water partition coefficient (Wildman–Crippen LogP) is 3.93. The van der Waals surface area contributed by atoms with Crippen molar-refractivity contribution in [2.24, 2.45) is 0 Å². The van der Waals surface area contributed by atoms with Crippen LogP contribution in [0.4, 0.5) is 14.5 Å². The molecule has 0 spiro atoms. The van der Waals surface area contributed by atoms with Crippen LogP contribution in [-0.2, 0) is 4.79 Å². The maximum absolute atomic E-state index is 13.3. The topological polar surface area (TPSA) is 29.1 Å². The Morgan fingerprint density at radius 1 is 1.05 bits per heavy atom. The van der Waals surface area contributed by atoms with Crippen molar-refractivity contribution < 1.29 is 13.6 Å². The SMILES string of the molecule is Cc1ccc(/C=C/C(=O)Nc2c(F)cccc2F)cc1. The van der Waals surface area contributed by atoms with E-state index in [4.69, 9.17) is 0 Å². The van der Waals surface area contributed by atoms with Gasteiger partial charge in [-0.1, -0.05) is 35.9 Å². The molecule has 0 aromatic heterocycles. The summed E-state index contributed by atoms with van der Waals surface area (Å²) in [6, 6.07) is 10.9. The molecule has 0 fully saturated rings. The van der Waals surface area contributed by atoms with Gasteiger partial charge in [0.05, 0.1) is 0 Å². The van der Waals surface area contributed by atoms with Crippen molar-refractivity contribution in [3.63, 3.8) is 0 Å². The summed E-state index contributed by atoms with van der Waals surface area (Å²) in [5, 5.41) is 2.18. The molecule has 0 saturated carbocycles. The van der Waals surface area contributed by atoms with Gasteiger partial charge in [-0.2, -0.15) is 0 Å². The van der Waals surface area contributed by atoms with Crippen LogP contribution in [0.5, 0.6) is 0 Å². The van der Waals surface area contributed by atoms with E-state index in [1.807, 2.05) is 31.2 Å². The van der Waals surface area contributed by atoms with E-state index in [1.165, 1.54) is 12.1 Å². The van der Waals surface area contributed by atoms with E-state index in [-0.39, 0.29) is 0 Å². The second kappa shape index (κ2) is 6.10. The van der Waals surface area contributed by atoms with E-state index < -0.39 is 23.2 Å². The average Bonchev–Trinajstić information content (AvgIpc) is 2.42. The molecule has 2 nitrogen and oxygen atoms in total. The minimum atomic E-state index is -0.804. The standard InChI is InChI=1S/C16H13F2NO/c1-11-5-7-12(8-6-11)9-10-15(20)19-16-13(17)3-2-4-14(16)18/h2-10H,1H3,(H,19,20)/b10-9+. The predicted molar refractivity (Wildman–Crippen MR) is 75.2 cm³/mol. The lowest BCUT2D eigenvalue weighted by molar-refractivity contribution is -0.111. The molecule has 20 heavy (non-hydrogen) atoms. The first-order valence-electron chi connectivity index (χ1n) is 6.06. The number of aryl methyl sites for hydroxylation is 1. The summed E-state index contributed by atoms with van der Waals surface area (Å²) < 4.78 is 26.7. The first-order valence-corrected chi connectivity index (χ1v) is 6.06. The zero-order chi connectivity index (χ0) is 14.5. The number of amides is 1. The van der Waals surface area contributed by atoms with Crippen LogP contribution in [0.2, 0.25) is 0 Å². The summed E-state index contributed by atoms with van der Waals surface area (Å²) in [7, 11) is 0. The van der Waals surface area contributed by atoms with Crippen LogP contribution >= 0.6 is 0 Å². The number of anilines is 1. The Kier molecular flexibility index (Phi) is 4.25. The molecule has 0 aliphatic heterocycles. The van der Waals surface area contributed by atoms with Gasteiger partial charge >= 0.3 is 0 Å². The lowest BCUT2D eigenvalue weighted by Gasteiger charge is -2.04. The Hall–Kier alpha value is -2.49. The maximum atomic E-state index is 13.3. The van der Waals surface area contributed by atoms with E-state index in [1.54, 1.807) is 6.08 Å². The van der Waals surface area contributed by atoms with E-state index in [2.05, 4.69) is 5.32 Å². The van der Waals surface area contributed by atoms with Gasteiger partial charge in [0, 0.05) is 6.08 Å². The van der Waals surface area contributed by atoms with Crippen molar-refractivity contribution in [2.45, 2.75) is 6.92 Å². The van der Waals surface area contributed by atoms with Crippen LogP contribution in [0, 0.1) is 18.6 Å². The molecule has 0 radical (unpaired) electrons. The molecule has 0 unspecified atom stereocenters. The fourth-order valence-corrected chi connectivity index (χ4v) is 1.63. The van der Waals surface area contributed by atoms with Crippen molar-refractivity contribution in [3.05, 3.63) is 71.3 Å². The third-order valence-electron chi connectivity index (χ3n) is 2.72. The Labute approximate surface area is 115 Å². The largest absolute Gasteiger partial charge is 0.318 e. The van der Waals surface area contributed by atoms with Crippen LogP contribution in [0.3, 0.4) is 0 Å². The minimum Gasteiger partial charge on any atom is -0.318 e. The molecule has 2 aromatic rings. The summed E-state index contributed by atoms with van der Waals surface area (Å²) in [4.78, 5) is 11.6. The monoisotopic (exact) mass is 273 g/mol. The van der Waals surface area contributed by atoms with Gasteiger partial charge in [-0.15, -0.1) is 0 Å². The quantitative estimate of drug-likeness (QED) is 0.844. The van der Waals surface area contributed by atoms with Gasteiger partial charge in [0.2, 0.25) is 5.91 Å². The smallest absolute Gasteiger partial charge is 0.248 e. The highest BCUT2D eigenvalue weighted by molar-refractivity contribution is 6.02. The fraction of sp³-hybridized carbons (Fsp3) is 0.0625. The lowest BCUT2D eigenvalue weighted by atomic mass is 10.1. The van der Waals surface area contributed by atoms with Crippen molar-refractivity contribution >= 4 is 17.7 Å². The molecule has 0 atom stereocenters. The van der Waals surface area contributed by atoms with E-state index in [0.717, 1.165) is 23.3 Å². The normalized spacial score (nSPS) is 10.8. The van der Waals surface area contributed by atoms with E-state index in [9.17, 15) is 13.6 Å². The first kappa shape index (κ1) is 13.9. The van der Waals surface area contributed by atoms with Gasteiger partial charge in [0.25, 0.3) is 0 Å². The van der Waals surface area contributed by atoms with Gasteiger partial charge in [-0.05, 0) is 30.7 Å². The maximum Gasteiger partial charge on any atom is 0.248 e. The van der Waals surface area contributed by atoms with Gasteiger partial charge < -0.3 is 5.32 Å². The third kappa shape index (κ3) is 3.51.